The van der Waals surface area contributed by atoms with E-state index in [1.165, 1.54) is 12.1 Å². The average molecular weight is 357 g/mol. The molecule has 3 rings (SSSR count). The number of anilines is 1. The van der Waals surface area contributed by atoms with Crippen molar-refractivity contribution in [1.82, 2.24) is 4.90 Å². The van der Waals surface area contributed by atoms with E-state index < -0.39 is 11.6 Å². The van der Waals surface area contributed by atoms with Gasteiger partial charge in [-0.3, -0.25) is 10.2 Å². The zero-order valence-electron chi connectivity index (χ0n) is 14.6. The fraction of sp³-hybridized carbons (Fsp3) is 0.300. The van der Waals surface area contributed by atoms with Crippen molar-refractivity contribution in [2.75, 3.05) is 18.5 Å². The molecule has 1 N–H and O–H groups in total. The van der Waals surface area contributed by atoms with Crippen LogP contribution in [0.2, 0.25) is 0 Å². The highest BCUT2D eigenvalue weighted by Crippen LogP contribution is 2.25. The summed E-state index contributed by atoms with van der Waals surface area (Å²) in [6.07, 6.45) is 1.37. The molecule has 1 aliphatic rings. The summed E-state index contributed by atoms with van der Waals surface area (Å²) in [7, 11) is 0. The Bertz CT molecular complexity index is 800. The molecule has 0 aromatic heterocycles. The number of hydrogen-bond donors (Lipinski definition) is 1. The average Bonchev–Trinajstić information content (AvgIpc) is 2.64. The van der Waals surface area contributed by atoms with Gasteiger partial charge in [0.15, 0.2) is 0 Å². The van der Waals surface area contributed by atoms with Crippen LogP contribution in [-0.2, 0) is 4.79 Å². The predicted octanol–water partition coefficient (Wildman–Crippen LogP) is 4.04. The first-order valence-corrected chi connectivity index (χ1v) is 8.64. The highest BCUT2D eigenvalue weighted by Gasteiger charge is 2.27. The number of halogens is 2. The third-order valence-corrected chi connectivity index (χ3v) is 4.61. The van der Waals surface area contributed by atoms with Gasteiger partial charge in [-0.2, -0.15) is 5.10 Å². The second-order valence-electron chi connectivity index (χ2n) is 6.38. The minimum Gasteiger partial charge on any atom is -0.343 e. The smallest absolute Gasteiger partial charge is 0.219 e. The third kappa shape index (κ3) is 4.25. The summed E-state index contributed by atoms with van der Waals surface area (Å²) in [5, 5.41) is 4.45. The van der Waals surface area contributed by atoms with Gasteiger partial charge in [0.2, 0.25) is 5.91 Å². The van der Waals surface area contributed by atoms with Gasteiger partial charge >= 0.3 is 0 Å². The minimum atomic E-state index is -0.632. The molecule has 1 heterocycles. The standard InChI is InChI=1S/C20H21F2N3O/c1-14(26)25-11-9-15(10-12-25)20(18-8-7-16(21)13-19(18)22)24-23-17-5-3-2-4-6-17/h2-8,13,15,23H,9-12H2,1H3. The van der Waals surface area contributed by atoms with E-state index in [1.54, 1.807) is 11.8 Å². The van der Waals surface area contributed by atoms with E-state index in [0.717, 1.165) is 11.8 Å². The highest BCUT2D eigenvalue weighted by molar-refractivity contribution is 6.03. The Hall–Kier alpha value is -2.76. The van der Waals surface area contributed by atoms with Crippen molar-refractivity contribution in [3.8, 4) is 0 Å². The van der Waals surface area contributed by atoms with E-state index in [4.69, 9.17) is 0 Å². The molecule has 0 spiro atoms. The fourth-order valence-electron chi connectivity index (χ4n) is 3.17. The van der Waals surface area contributed by atoms with Crippen LogP contribution in [0.25, 0.3) is 0 Å². The summed E-state index contributed by atoms with van der Waals surface area (Å²) in [5.74, 6) is -1.22. The van der Waals surface area contributed by atoms with Crippen LogP contribution >= 0.6 is 0 Å². The van der Waals surface area contributed by atoms with Crippen LogP contribution in [0, 0.1) is 17.6 Å². The van der Waals surface area contributed by atoms with Crippen molar-refractivity contribution < 1.29 is 13.6 Å². The monoisotopic (exact) mass is 357 g/mol. The van der Waals surface area contributed by atoms with Gasteiger partial charge in [-0.15, -0.1) is 0 Å². The number of hydrogen-bond acceptors (Lipinski definition) is 3. The molecule has 0 saturated carbocycles. The van der Waals surface area contributed by atoms with Gasteiger partial charge < -0.3 is 4.90 Å². The Morgan fingerprint density at radius 2 is 1.81 bits per heavy atom. The second-order valence-corrected chi connectivity index (χ2v) is 6.38. The Balaban J connectivity index is 1.88. The van der Waals surface area contributed by atoms with Crippen molar-refractivity contribution in [2.45, 2.75) is 19.8 Å². The molecule has 0 radical (unpaired) electrons. The van der Waals surface area contributed by atoms with E-state index in [2.05, 4.69) is 10.5 Å². The number of carbonyl (C=O) groups is 1. The van der Waals surface area contributed by atoms with Crippen LogP contribution in [0.4, 0.5) is 14.5 Å². The molecule has 6 heteroatoms. The van der Waals surface area contributed by atoms with Crippen molar-refractivity contribution in [3.63, 3.8) is 0 Å². The SMILES string of the molecule is CC(=O)N1CCC(C(=NNc2ccccc2)c2ccc(F)cc2F)CC1. The first kappa shape index (κ1) is 18.0. The summed E-state index contributed by atoms with van der Waals surface area (Å²) in [4.78, 5) is 13.3. The van der Waals surface area contributed by atoms with Gasteiger partial charge in [0.05, 0.1) is 11.4 Å². The molecule has 136 valence electrons. The highest BCUT2D eigenvalue weighted by atomic mass is 19.1. The molecule has 1 aliphatic heterocycles. The minimum absolute atomic E-state index is 0.0122. The van der Waals surface area contributed by atoms with Gasteiger partial charge in [0.25, 0.3) is 0 Å². The molecular formula is C20H21F2N3O. The first-order valence-electron chi connectivity index (χ1n) is 8.64. The molecule has 4 nitrogen and oxygen atoms in total. The normalized spacial score (nSPS) is 15.8. The van der Waals surface area contributed by atoms with Gasteiger partial charge in [-0.05, 0) is 37.1 Å². The fourth-order valence-corrected chi connectivity index (χ4v) is 3.17. The second kappa shape index (κ2) is 8.08. The number of benzene rings is 2. The van der Waals surface area contributed by atoms with Gasteiger partial charge in [-0.25, -0.2) is 8.78 Å². The first-order chi connectivity index (χ1) is 12.5. The van der Waals surface area contributed by atoms with Crippen molar-refractivity contribution in [1.29, 1.82) is 0 Å². The maximum absolute atomic E-state index is 14.4. The molecule has 0 unspecified atom stereocenters. The van der Waals surface area contributed by atoms with Crippen LogP contribution < -0.4 is 5.43 Å². The summed E-state index contributed by atoms with van der Waals surface area (Å²) in [6.45, 7) is 2.76. The molecule has 2 aromatic rings. The number of piperidine rings is 1. The number of amides is 1. The topological polar surface area (TPSA) is 44.7 Å². The summed E-state index contributed by atoms with van der Waals surface area (Å²) in [6, 6.07) is 12.9. The van der Waals surface area contributed by atoms with Gasteiger partial charge in [0.1, 0.15) is 11.6 Å². The lowest BCUT2D eigenvalue weighted by atomic mass is 9.88. The number of nitrogens with one attached hydrogen (secondary N) is 1. The van der Waals surface area contributed by atoms with E-state index in [1.807, 2.05) is 30.3 Å². The Morgan fingerprint density at radius 3 is 2.42 bits per heavy atom. The Kier molecular flexibility index (Phi) is 5.61. The van der Waals surface area contributed by atoms with Crippen LogP contribution in [0.3, 0.4) is 0 Å². The maximum Gasteiger partial charge on any atom is 0.219 e. The predicted molar refractivity (Wildman–Crippen MR) is 97.9 cm³/mol. The van der Waals surface area contributed by atoms with E-state index >= 15 is 0 Å². The number of para-hydroxylation sites is 1. The molecule has 1 saturated heterocycles. The molecule has 0 atom stereocenters. The molecule has 1 fully saturated rings. The van der Waals surface area contributed by atoms with Crippen molar-refractivity contribution >= 4 is 17.3 Å². The lowest BCUT2D eigenvalue weighted by Gasteiger charge is -2.32. The molecule has 26 heavy (non-hydrogen) atoms. The number of hydrazone groups is 1. The molecule has 0 bridgehead atoms. The largest absolute Gasteiger partial charge is 0.343 e. The lowest BCUT2D eigenvalue weighted by Crippen LogP contribution is -2.39. The lowest BCUT2D eigenvalue weighted by molar-refractivity contribution is -0.129. The number of rotatable bonds is 4. The van der Waals surface area contributed by atoms with Gasteiger partial charge in [-0.1, -0.05) is 18.2 Å². The van der Waals surface area contributed by atoms with Crippen molar-refractivity contribution in [3.05, 3.63) is 65.7 Å². The Labute approximate surface area is 151 Å². The number of likely N-dealkylation sites (tertiary alicyclic amines) is 1. The van der Waals surface area contributed by atoms with Crippen LogP contribution in [0.5, 0.6) is 0 Å². The van der Waals surface area contributed by atoms with Crippen LogP contribution in [0.1, 0.15) is 25.3 Å². The summed E-state index contributed by atoms with van der Waals surface area (Å²) < 4.78 is 27.7. The van der Waals surface area contributed by atoms with E-state index in [0.29, 0.717) is 31.6 Å². The number of nitrogens with zero attached hydrogens (tertiary/aromatic N) is 2. The van der Waals surface area contributed by atoms with E-state index in [-0.39, 0.29) is 17.4 Å². The maximum atomic E-state index is 14.4. The quantitative estimate of drug-likeness (QED) is 0.663. The summed E-state index contributed by atoms with van der Waals surface area (Å²) in [5.41, 5.74) is 4.59. The molecule has 2 aromatic carbocycles. The zero-order chi connectivity index (χ0) is 18.5. The number of carbonyl (C=O) groups excluding carboxylic acids is 1. The summed E-state index contributed by atoms with van der Waals surface area (Å²) >= 11 is 0. The van der Waals surface area contributed by atoms with Gasteiger partial charge in [0, 0.05) is 37.6 Å². The zero-order valence-corrected chi connectivity index (χ0v) is 14.6. The van der Waals surface area contributed by atoms with E-state index in [9.17, 15) is 13.6 Å². The molecule has 1 amide bonds. The van der Waals surface area contributed by atoms with Crippen LogP contribution in [0.15, 0.2) is 53.6 Å². The van der Waals surface area contributed by atoms with Crippen LogP contribution in [-0.4, -0.2) is 29.6 Å². The third-order valence-electron chi connectivity index (χ3n) is 4.61. The molecule has 0 aliphatic carbocycles. The Morgan fingerprint density at radius 1 is 1.12 bits per heavy atom. The molecular weight excluding hydrogens is 336 g/mol. The van der Waals surface area contributed by atoms with Crippen molar-refractivity contribution in [2.24, 2.45) is 11.0 Å².